The third-order valence-corrected chi connectivity index (χ3v) is 2.52. The van der Waals surface area contributed by atoms with Crippen molar-refractivity contribution in [2.45, 2.75) is 45.4 Å². The number of terminal acetylenes is 1. The molecule has 0 aliphatic heterocycles. The standard InChI is InChI=1S/C17H21NO4/c1-5-9-14(15(19)22-17(2,3)4)18-16(20)21-12-13-10-7-6-8-11-13/h1,6-8,10-11,14H,9,12H2,2-4H3,(H,18,20)/t14-/m0/s1. The van der Waals surface area contributed by atoms with E-state index in [1.807, 2.05) is 30.3 Å². The topological polar surface area (TPSA) is 64.6 Å². The van der Waals surface area contributed by atoms with E-state index in [1.54, 1.807) is 20.8 Å². The molecule has 0 spiro atoms. The Morgan fingerprint density at radius 2 is 1.91 bits per heavy atom. The summed E-state index contributed by atoms with van der Waals surface area (Å²) in [6.45, 7) is 5.34. The van der Waals surface area contributed by atoms with Crippen LogP contribution in [-0.4, -0.2) is 23.7 Å². The summed E-state index contributed by atoms with van der Waals surface area (Å²) < 4.78 is 10.3. The lowest BCUT2D eigenvalue weighted by Gasteiger charge is -2.23. The maximum atomic E-state index is 12.0. The zero-order valence-corrected chi connectivity index (χ0v) is 13.1. The van der Waals surface area contributed by atoms with E-state index in [0.29, 0.717) is 0 Å². The molecule has 1 atom stereocenters. The third-order valence-electron chi connectivity index (χ3n) is 2.52. The van der Waals surface area contributed by atoms with E-state index in [9.17, 15) is 9.59 Å². The number of hydrogen-bond acceptors (Lipinski definition) is 4. The molecular formula is C17H21NO4. The molecule has 5 nitrogen and oxygen atoms in total. The van der Waals surface area contributed by atoms with Gasteiger partial charge in [-0.05, 0) is 26.3 Å². The number of carbonyl (C=O) groups is 2. The molecule has 1 aromatic carbocycles. The maximum Gasteiger partial charge on any atom is 0.408 e. The molecule has 0 aliphatic rings. The van der Waals surface area contributed by atoms with Crippen molar-refractivity contribution in [2.75, 3.05) is 0 Å². The minimum absolute atomic E-state index is 0.0371. The first-order chi connectivity index (χ1) is 10.3. The molecule has 0 saturated heterocycles. The lowest BCUT2D eigenvalue weighted by Crippen LogP contribution is -2.44. The van der Waals surface area contributed by atoms with Crippen molar-refractivity contribution < 1.29 is 19.1 Å². The van der Waals surface area contributed by atoms with E-state index in [4.69, 9.17) is 15.9 Å². The molecule has 1 aromatic rings. The first-order valence-electron chi connectivity index (χ1n) is 6.95. The van der Waals surface area contributed by atoms with Gasteiger partial charge in [0, 0.05) is 6.42 Å². The van der Waals surface area contributed by atoms with Gasteiger partial charge >= 0.3 is 12.1 Å². The van der Waals surface area contributed by atoms with Crippen LogP contribution in [0.15, 0.2) is 30.3 Å². The van der Waals surface area contributed by atoms with Gasteiger partial charge in [0.25, 0.3) is 0 Å². The number of rotatable bonds is 5. The Morgan fingerprint density at radius 1 is 1.27 bits per heavy atom. The number of carbonyl (C=O) groups excluding carboxylic acids is 2. The SMILES string of the molecule is C#CC[C@H](NC(=O)OCc1ccccc1)C(=O)OC(C)(C)C. The monoisotopic (exact) mass is 303 g/mol. The van der Waals surface area contributed by atoms with Gasteiger partial charge in [-0.1, -0.05) is 30.3 Å². The first-order valence-corrected chi connectivity index (χ1v) is 6.95. The Hall–Kier alpha value is -2.48. The lowest BCUT2D eigenvalue weighted by atomic mass is 10.1. The Labute approximate surface area is 131 Å². The molecule has 0 heterocycles. The molecule has 0 unspecified atom stereocenters. The molecule has 1 N–H and O–H groups in total. The highest BCUT2D eigenvalue weighted by Crippen LogP contribution is 2.10. The van der Waals surface area contributed by atoms with Crippen molar-refractivity contribution in [3.63, 3.8) is 0 Å². The second kappa shape index (κ2) is 8.08. The molecule has 0 saturated carbocycles. The Kier molecular flexibility index (Phi) is 6.46. The quantitative estimate of drug-likeness (QED) is 0.671. The van der Waals surface area contributed by atoms with E-state index < -0.39 is 23.7 Å². The molecular weight excluding hydrogens is 282 g/mol. The molecule has 5 heteroatoms. The van der Waals surface area contributed by atoms with Crippen LogP contribution in [-0.2, 0) is 20.9 Å². The molecule has 0 aromatic heterocycles. The van der Waals surface area contributed by atoms with Crippen molar-refractivity contribution >= 4 is 12.1 Å². The summed E-state index contributed by atoms with van der Waals surface area (Å²) in [4.78, 5) is 23.7. The molecule has 118 valence electrons. The second-order valence-corrected chi connectivity index (χ2v) is 5.70. The summed E-state index contributed by atoms with van der Waals surface area (Å²) in [6, 6.07) is 8.30. The highest BCUT2D eigenvalue weighted by molar-refractivity contribution is 5.81. The van der Waals surface area contributed by atoms with Crippen LogP contribution in [0.3, 0.4) is 0 Å². The largest absolute Gasteiger partial charge is 0.458 e. The van der Waals surface area contributed by atoms with Crippen molar-refractivity contribution in [3.05, 3.63) is 35.9 Å². The summed E-state index contributed by atoms with van der Waals surface area (Å²) in [7, 11) is 0. The second-order valence-electron chi connectivity index (χ2n) is 5.70. The van der Waals surface area contributed by atoms with Gasteiger partial charge in [-0.15, -0.1) is 12.3 Å². The van der Waals surface area contributed by atoms with Crippen LogP contribution in [0.1, 0.15) is 32.8 Å². The fraction of sp³-hybridized carbons (Fsp3) is 0.412. The van der Waals surface area contributed by atoms with Gasteiger partial charge < -0.3 is 14.8 Å². The van der Waals surface area contributed by atoms with E-state index in [0.717, 1.165) is 5.56 Å². The predicted molar refractivity (Wildman–Crippen MR) is 82.8 cm³/mol. The number of ether oxygens (including phenoxy) is 2. The van der Waals surface area contributed by atoms with Crippen molar-refractivity contribution in [3.8, 4) is 12.3 Å². The van der Waals surface area contributed by atoms with Crippen LogP contribution >= 0.6 is 0 Å². The number of esters is 1. The van der Waals surface area contributed by atoms with E-state index in [1.165, 1.54) is 0 Å². The lowest BCUT2D eigenvalue weighted by molar-refractivity contribution is -0.157. The normalized spacial score (nSPS) is 11.9. The van der Waals surface area contributed by atoms with Gasteiger partial charge in [-0.3, -0.25) is 0 Å². The molecule has 0 fully saturated rings. The van der Waals surface area contributed by atoms with Crippen LogP contribution in [0, 0.1) is 12.3 Å². The molecule has 0 bridgehead atoms. The van der Waals surface area contributed by atoms with Crippen LogP contribution < -0.4 is 5.32 Å². The average molecular weight is 303 g/mol. The van der Waals surface area contributed by atoms with Crippen molar-refractivity contribution in [1.82, 2.24) is 5.32 Å². The summed E-state index contributed by atoms with van der Waals surface area (Å²) in [6.07, 6.45) is 4.55. The Bertz CT molecular complexity index is 540. The minimum Gasteiger partial charge on any atom is -0.458 e. The summed E-state index contributed by atoms with van der Waals surface area (Å²) >= 11 is 0. The minimum atomic E-state index is -0.924. The summed E-state index contributed by atoms with van der Waals surface area (Å²) in [5, 5.41) is 2.43. The molecule has 1 rings (SSSR count). The fourth-order valence-corrected chi connectivity index (χ4v) is 1.59. The average Bonchev–Trinajstić information content (AvgIpc) is 2.44. The maximum absolute atomic E-state index is 12.0. The molecule has 1 amide bonds. The zero-order chi connectivity index (χ0) is 16.6. The van der Waals surface area contributed by atoms with E-state index >= 15 is 0 Å². The molecule has 0 aliphatic carbocycles. The van der Waals surface area contributed by atoms with Crippen LogP contribution in [0.5, 0.6) is 0 Å². The van der Waals surface area contributed by atoms with E-state index in [2.05, 4.69) is 11.2 Å². The number of nitrogens with one attached hydrogen (secondary N) is 1. The van der Waals surface area contributed by atoms with Gasteiger partial charge in [-0.25, -0.2) is 9.59 Å². The van der Waals surface area contributed by atoms with Gasteiger partial charge in [-0.2, -0.15) is 0 Å². The van der Waals surface area contributed by atoms with Gasteiger partial charge in [0.15, 0.2) is 0 Å². The van der Waals surface area contributed by atoms with E-state index in [-0.39, 0.29) is 13.0 Å². The Balaban J connectivity index is 2.53. The van der Waals surface area contributed by atoms with Crippen LogP contribution in [0.4, 0.5) is 4.79 Å². The number of benzene rings is 1. The predicted octanol–water partition coefficient (Wildman–Crippen LogP) is 2.65. The van der Waals surface area contributed by atoms with Crippen molar-refractivity contribution in [2.24, 2.45) is 0 Å². The van der Waals surface area contributed by atoms with Gasteiger partial charge in [0.2, 0.25) is 0 Å². The highest BCUT2D eigenvalue weighted by Gasteiger charge is 2.26. The molecule has 0 radical (unpaired) electrons. The van der Waals surface area contributed by atoms with Crippen molar-refractivity contribution in [1.29, 1.82) is 0 Å². The first kappa shape index (κ1) is 17.6. The highest BCUT2D eigenvalue weighted by atomic mass is 16.6. The zero-order valence-electron chi connectivity index (χ0n) is 13.1. The number of alkyl carbamates (subject to hydrolysis) is 1. The third kappa shape index (κ3) is 6.80. The van der Waals surface area contributed by atoms with Gasteiger partial charge in [0.1, 0.15) is 18.2 Å². The van der Waals surface area contributed by atoms with Gasteiger partial charge in [0.05, 0.1) is 0 Å². The molecule has 22 heavy (non-hydrogen) atoms. The van der Waals surface area contributed by atoms with Crippen LogP contribution in [0.25, 0.3) is 0 Å². The Morgan fingerprint density at radius 3 is 2.45 bits per heavy atom. The number of amides is 1. The number of hydrogen-bond donors (Lipinski definition) is 1. The summed E-state index contributed by atoms with van der Waals surface area (Å²) in [5.41, 5.74) is 0.197. The fourth-order valence-electron chi connectivity index (χ4n) is 1.59. The van der Waals surface area contributed by atoms with Crippen LogP contribution in [0.2, 0.25) is 0 Å². The summed E-state index contributed by atoms with van der Waals surface area (Å²) in [5.74, 6) is 1.76. The smallest absolute Gasteiger partial charge is 0.408 e.